The number of aromatic nitrogens is 1. The first-order chi connectivity index (χ1) is 8.18. The Morgan fingerprint density at radius 1 is 1.65 bits per heavy atom. The van der Waals surface area contributed by atoms with Crippen molar-refractivity contribution in [3.8, 4) is 0 Å². The third-order valence-corrected chi connectivity index (χ3v) is 3.37. The molecular formula is C13H19N3O. The van der Waals surface area contributed by atoms with E-state index in [1.165, 1.54) is 0 Å². The highest BCUT2D eigenvalue weighted by molar-refractivity contribution is 5.81. The van der Waals surface area contributed by atoms with E-state index < -0.39 is 0 Å². The molecule has 1 fully saturated rings. The van der Waals surface area contributed by atoms with E-state index >= 15 is 0 Å². The van der Waals surface area contributed by atoms with E-state index in [0.29, 0.717) is 6.54 Å². The topological polar surface area (TPSA) is 45.2 Å². The summed E-state index contributed by atoms with van der Waals surface area (Å²) in [6, 6.07) is 3.96. The van der Waals surface area contributed by atoms with E-state index in [4.69, 9.17) is 0 Å². The number of nitrogens with one attached hydrogen (secondary N) is 1. The highest BCUT2D eigenvalue weighted by Gasteiger charge is 2.27. The van der Waals surface area contributed by atoms with E-state index in [-0.39, 0.29) is 11.9 Å². The maximum absolute atomic E-state index is 12.0. The summed E-state index contributed by atoms with van der Waals surface area (Å²) in [7, 11) is 2.00. The second-order valence-electron chi connectivity index (χ2n) is 4.62. The Morgan fingerprint density at radius 3 is 3.12 bits per heavy atom. The van der Waals surface area contributed by atoms with E-state index in [2.05, 4.69) is 15.2 Å². The summed E-state index contributed by atoms with van der Waals surface area (Å²) < 4.78 is 0. The standard InChI is InChI=1S/C13H19N3O/c1-10-5-3-7-14-11(10)9-15-13(17)12-6-4-8-16(12)2/h3,5,7,12H,4,6,8-9H2,1-2H3,(H,15,17)/t12-/m0/s1. The van der Waals surface area contributed by atoms with Crippen LogP contribution in [0.2, 0.25) is 0 Å². The van der Waals surface area contributed by atoms with Crippen LogP contribution in [-0.4, -0.2) is 35.4 Å². The van der Waals surface area contributed by atoms with Gasteiger partial charge < -0.3 is 5.32 Å². The van der Waals surface area contributed by atoms with E-state index in [0.717, 1.165) is 30.6 Å². The quantitative estimate of drug-likeness (QED) is 0.850. The van der Waals surface area contributed by atoms with Gasteiger partial charge in [0.05, 0.1) is 18.3 Å². The molecule has 2 rings (SSSR count). The molecule has 0 spiro atoms. The molecule has 0 saturated carbocycles. The zero-order valence-corrected chi connectivity index (χ0v) is 10.4. The van der Waals surface area contributed by atoms with Crippen molar-refractivity contribution in [2.75, 3.05) is 13.6 Å². The molecule has 1 aromatic rings. The molecule has 0 aliphatic carbocycles. The summed E-state index contributed by atoms with van der Waals surface area (Å²) >= 11 is 0. The molecule has 4 heteroatoms. The van der Waals surface area contributed by atoms with Crippen LogP contribution in [0.1, 0.15) is 24.1 Å². The number of carbonyl (C=O) groups is 1. The summed E-state index contributed by atoms with van der Waals surface area (Å²) in [5, 5.41) is 2.97. The predicted octanol–water partition coefficient (Wildman–Crippen LogP) is 1.10. The van der Waals surface area contributed by atoms with Crippen LogP contribution in [0.25, 0.3) is 0 Å². The lowest BCUT2D eigenvalue weighted by atomic mass is 10.2. The number of amides is 1. The van der Waals surface area contributed by atoms with Gasteiger partial charge in [-0.15, -0.1) is 0 Å². The Labute approximate surface area is 102 Å². The molecule has 1 aromatic heterocycles. The molecule has 0 aromatic carbocycles. The van der Waals surface area contributed by atoms with Crippen LogP contribution in [-0.2, 0) is 11.3 Å². The summed E-state index contributed by atoms with van der Waals surface area (Å²) in [4.78, 5) is 18.3. The first-order valence-corrected chi connectivity index (χ1v) is 6.07. The van der Waals surface area contributed by atoms with Crippen molar-refractivity contribution < 1.29 is 4.79 Å². The molecular weight excluding hydrogens is 214 g/mol. The SMILES string of the molecule is Cc1cccnc1CNC(=O)[C@@H]1CCCN1C. The molecule has 1 atom stereocenters. The maximum atomic E-state index is 12.0. The fourth-order valence-corrected chi connectivity index (χ4v) is 2.23. The number of nitrogens with zero attached hydrogens (tertiary/aromatic N) is 2. The molecule has 1 aliphatic heterocycles. The van der Waals surface area contributed by atoms with Gasteiger partial charge in [-0.1, -0.05) is 6.07 Å². The number of pyridine rings is 1. The highest BCUT2D eigenvalue weighted by atomic mass is 16.2. The Kier molecular flexibility index (Phi) is 3.74. The molecule has 1 amide bonds. The number of likely N-dealkylation sites (tertiary alicyclic amines) is 1. The van der Waals surface area contributed by atoms with E-state index in [1.807, 2.05) is 26.1 Å². The number of hydrogen-bond acceptors (Lipinski definition) is 3. The van der Waals surface area contributed by atoms with Crippen LogP contribution in [0.4, 0.5) is 0 Å². The van der Waals surface area contributed by atoms with Gasteiger partial charge >= 0.3 is 0 Å². The van der Waals surface area contributed by atoms with Gasteiger partial charge in [-0.3, -0.25) is 14.7 Å². The molecule has 17 heavy (non-hydrogen) atoms. The predicted molar refractivity (Wildman–Crippen MR) is 66.5 cm³/mol. The van der Waals surface area contributed by atoms with Gasteiger partial charge in [-0.2, -0.15) is 0 Å². The first kappa shape index (κ1) is 12.0. The van der Waals surface area contributed by atoms with Gasteiger partial charge in [-0.25, -0.2) is 0 Å². The fourth-order valence-electron chi connectivity index (χ4n) is 2.23. The van der Waals surface area contributed by atoms with Crippen molar-refractivity contribution in [2.45, 2.75) is 32.4 Å². The Balaban J connectivity index is 1.90. The van der Waals surface area contributed by atoms with Crippen molar-refractivity contribution in [1.29, 1.82) is 0 Å². The highest BCUT2D eigenvalue weighted by Crippen LogP contribution is 2.14. The minimum atomic E-state index is 0.0408. The Bertz CT molecular complexity index is 405. The summed E-state index contributed by atoms with van der Waals surface area (Å²) in [6.07, 6.45) is 3.83. The number of carbonyl (C=O) groups excluding carboxylic acids is 1. The second kappa shape index (κ2) is 5.27. The lowest BCUT2D eigenvalue weighted by Gasteiger charge is -2.18. The van der Waals surface area contributed by atoms with Crippen LogP contribution >= 0.6 is 0 Å². The van der Waals surface area contributed by atoms with Crippen LogP contribution < -0.4 is 5.32 Å². The molecule has 0 radical (unpaired) electrons. The van der Waals surface area contributed by atoms with Crippen molar-refractivity contribution in [1.82, 2.24) is 15.2 Å². The average molecular weight is 233 g/mol. The molecule has 0 bridgehead atoms. The molecule has 1 N–H and O–H groups in total. The smallest absolute Gasteiger partial charge is 0.237 e. The van der Waals surface area contributed by atoms with Crippen molar-refractivity contribution in [3.05, 3.63) is 29.6 Å². The largest absolute Gasteiger partial charge is 0.349 e. The molecule has 4 nitrogen and oxygen atoms in total. The Hall–Kier alpha value is -1.42. The minimum Gasteiger partial charge on any atom is -0.349 e. The Morgan fingerprint density at radius 2 is 2.47 bits per heavy atom. The van der Waals surface area contributed by atoms with Crippen LogP contribution in [0.3, 0.4) is 0 Å². The number of hydrogen-bond donors (Lipinski definition) is 1. The van der Waals surface area contributed by atoms with Crippen LogP contribution in [0, 0.1) is 6.92 Å². The van der Waals surface area contributed by atoms with Crippen molar-refractivity contribution in [3.63, 3.8) is 0 Å². The van der Waals surface area contributed by atoms with Gasteiger partial charge in [0.1, 0.15) is 0 Å². The zero-order valence-electron chi connectivity index (χ0n) is 10.4. The third kappa shape index (κ3) is 2.82. The van der Waals surface area contributed by atoms with Crippen molar-refractivity contribution >= 4 is 5.91 Å². The molecule has 1 saturated heterocycles. The minimum absolute atomic E-state index is 0.0408. The summed E-state index contributed by atoms with van der Waals surface area (Å²) in [5.41, 5.74) is 2.06. The summed E-state index contributed by atoms with van der Waals surface area (Å²) in [6.45, 7) is 3.55. The maximum Gasteiger partial charge on any atom is 0.237 e. The first-order valence-electron chi connectivity index (χ1n) is 6.07. The van der Waals surface area contributed by atoms with E-state index in [9.17, 15) is 4.79 Å². The van der Waals surface area contributed by atoms with Crippen LogP contribution in [0.5, 0.6) is 0 Å². The average Bonchev–Trinajstić information content (AvgIpc) is 2.74. The van der Waals surface area contributed by atoms with Gasteiger partial charge in [-0.05, 0) is 45.0 Å². The lowest BCUT2D eigenvalue weighted by molar-refractivity contribution is -0.125. The fraction of sp³-hybridized carbons (Fsp3) is 0.538. The van der Waals surface area contributed by atoms with Gasteiger partial charge in [0.15, 0.2) is 0 Å². The number of rotatable bonds is 3. The van der Waals surface area contributed by atoms with Gasteiger partial charge in [0.2, 0.25) is 5.91 Å². The second-order valence-corrected chi connectivity index (χ2v) is 4.62. The van der Waals surface area contributed by atoms with Gasteiger partial charge in [0.25, 0.3) is 0 Å². The molecule has 2 heterocycles. The van der Waals surface area contributed by atoms with Crippen molar-refractivity contribution in [2.24, 2.45) is 0 Å². The zero-order chi connectivity index (χ0) is 12.3. The lowest BCUT2D eigenvalue weighted by Crippen LogP contribution is -2.41. The van der Waals surface area contributed by atoms with Gasteiger partial charge in [0, 0.05) is 6.20 Å². The number of aryl methyl sites for hydroxylation is 1. The number of likely N-dealkylation sites (N-methyl/N-ethyl adjacent to an activating group) is 1. The summed E-state index contributed by atoms with van der Waals surface area (Å²) in [5.74, 6) is 0.120. The molecule has 0 unspecified atom stereocenters. The molecule has 92 valence electrons. The molecule has 1 aliphatic rings. The third-order valence-electron chi connectivity index (χ3n) is 3.37. The monoisotopic (exact) mass is 233 g/mol. The normalized spacial score (nSPS) is 20.5. The van der Waals surface area contributed by atoms with Crippen LogP contribution in [0.15, 0.2) is 18.3 Å². The van der Waals surface area contributed by atoms with E-state index in [1.54, 1.807) is 6.20 Å².